The first-order valence-electron chi connectivity index (χ1n) is 4.77. The van der Waals surface area contributed by atoms with E-state index in [4.69, 9.17) is 0 Å². The molecule has 0 bridgehead atoms. The van der Waals surface area contributed by atoms with Crippen LogP contribution >= 0.6 is 0 Å². The highest BCUT2D eigenvalue weighted by Gasteiger charge is 2.12. The maximum Gasteiger partial charge on any atom is 0.229 e. The molecule has 0 aliphatic rings. The first-order valence-corrected chi connectivity index (χ1v) is 8.55. The lowest BCUT2D eigenvalue weighted by molar-refractivity contribution is 0.477. The fraction of sp³-hybridized carbons (Fsp3) is 0.333. The molecule has 0 spiro atoms. The Morgan fingerprint density at radius 2 is 1.39 bits per heavy atom. The summed E-state index contributed by atoms with van der Waals surface area (Å²) in [5.74, 6) is -0.281. The van der Waals surface area contributed by atoms with Gasteiger partial charge in [-0.05, 0) is 24.6 Å². The quantitative estimate of drug-likeness (QED) is 0.551. The topological polar surface area (TPSA) is 113 Å². The van der Waals surface area contributed by atoms with Gasteiger partial charge in [-0.1, -0.05) is 0 Å². The molecule has 1 aromatic rings. The summed E-state index contributed by atoms with van der Waals surface area (Å²) in [6.45, 7) is 1.58. The molecule has 0 aliphatic carbocycles. The summed E-state index contributed by atoms with van der Waals surface area (Å²) in [6.07, 6.45) is 1.90. The number of phenols is 1. The molecule has 1 aromatic carbocycles. The van der Waals surface area contributed by atoms with E-state index in [-0.39, 0.29) is 17.1 Å². The molecule has 0 heterocycles. The van der Waals surface area contributed by atoms with E-state index >= 15 is 0 Å². The molecular formula is C9H14N2O5S2. The molecule has 7 nitrogen and oxygen atoms in total. The van der Waals surface area contributed by atoms with Gasteiger partial charge < -0.3 is 5.11 Å². The van der Waals surface area contributed by atoms with Gasteiger partial charge in [0, 0.05) is 0 Å². The molecule has 0 saturated heterocycles. The van der Waals surface area contributed by atoms with Crippen molar-refractivity contribution in [2.24, 2.45) is 0 Å². The lowest BCUT2D eigenvalue weighted by Gasteiger charge is -2.12. The van der Waals surface area contributed by atoms with Crippen molar-refractivity contribution in [1.29, 1.82) is 0 Å². The Hall–Kier alpha value is -1.48. The first kappa shape index (κ1) is 14.6. The van der Waals surface area contributed by atoms with Crippen molar-refractivity contribution in [3.8, 4) is 5.75 Å². The van der Waals surface area contributed by atoms with E-state index in [9.17, 15) is 21.9 Å². The van der Waals surface area contributed by atoms with Crippen molar-refractivity contribution in [3.05, 3.63) is 17.7 Å². The number of hydrogen-bond acceptors (Lipinski definition) is 5. The minimum absolute atomic E-state index is 0.0887. The fourth-order valence-corrected chi connectivity index (χ4v) is 2.47. The van der Waals surface area contributed by atoms with Crippen LogP contribution in [-0.4, -0.2) is 34.5 Å². The predicted molar refractivity (Wildman–Crippen MR) is 69.8 cm³/mol. The number of sulfonamides is 2. The Bertz CT molecular complexity index is 609. The Labute approximate surface area is 106 Å². The van der Waals surface area contributed by atoms with Gasteiger partial charge in [0.1, 0.15) is 5.75 Å². The number of aryl methyl sites for hydroxylation is 1. The van der Waals surface area contributed by atoms with Crippen LogP contribution in [0.5, 0.6) is 5.75 Å². The second kappa shape index (κ2) is 4.65. The number of anilines is 2. The molecule has 0 unspecified atom stereocenters. The third-order valence-electron chi connectivity index (χ3n) is 1.93. The third-order valence-corrected chi connectivity index (χ3v) is 3.11. The van der Waals surface area contributed by atoms with E-state index in [0.717, 1.165) is 12.5 Å². The van der Waals surface area contributed by atoms with Gasteiger partial charge in [-0.2, -0.15) is 0 Å². The smallest absolute Gasteiger partial charge is 0.229 e. The number of aromatic hydroxyl groups is 1. The Balaban J connectivity index is 3.26. The van der Waals surface area contributed by atoms with Crippen molar-refractivity contribution in [3.63, 3.8) is 0 Å². The van der Waals surface area contributed by atoms with Crippen LogP contribution in [0.25, 0.3) is 0 Å². The minimum Gasteiger partial charge on any atom is -0.506 e. The second-order valence-electron chi connectivity index (χ2n) is 3.93. The summed E-state index contributed by atoms with van der Waals surface area (Å²) in [7, 11) is -7.04. The molecule has 3 N–H and O–H groups in total. The maximum absolute atomic E-state index is 11.1. The number of nitrogens with one attached hydrogen (secondary N) is 2. The van der Waals surface area contributed by atoms with E-state index in [1.54, 1.807) is 6.92 Å². The standard InChI is InChI=1S/C9H14N2O5S2/c1-6-4-9(12)8(11-18(3,15)16)5-7(6)10-17(2,13)14/h4-5,10-12H,1-3H3. The van der Waals surface area contributed by atoms with Crippen LogP contribution in [0.2, 0.25) is 0 Å². The van der Waals surface area contributed by atoms with Crippen molar-refractivity contribution in [2.45, 2.75) is 6.92 Å². The largest absolute Gasteiger partial charge is 0.506 e. The molecule has 0 amide bonds. The maximum atomic E-state index is 11.1. The summed E-state index contributed by atoms with van der Waals surface area (Å²) in [5, 5.41) is 9.57. The van der Waals surface area contributed by atoms with Gasteiger partial charge in [0.2, 0.25) is 20.0 Å². The summed E-state index contributed by atoms with van der Waals surface area (Å²) < 4.78 is 48.7. The minimum atomic E-state index is -3.56. The monoisotopic (exact) mass is 294 g/mol. The zero-order valence-corrected chi connectivity index (χ0v) is 11.7. The molecule has 0 fully saturated rings. The van der Waals surface area contributed by atoms with Crippen LogP contribution in [0.4, 0.5) is 11.4 Å². The van der Waals surface area contributed by atoms with Crippen LogP contribution in [0.3, 0.4) is 0 Å². The number of hydrogen-bond donors (Lipinski definition) is 3. The highest BCUT2D eigenvalue weighted by molar-refractivity contribution is 7.92. The SMILES string of the molecule is Cc1cc(O)c(NS(C)(=O)=O)cc1NS(C)(=O)=O. The molecule has 18 heavy (non-hydrogen) atoms. The van der Waals surface area contributed by atoms with Crippen molar-refractivity contribution in [1.82, 2.24) is 0 Å². The van der Waals surface area contributed by atoms with Crippen LogP contribution in [0, 0.1) is 6.92 Å². The van der Waals surface area contributed by atoms with Crippen molar-refractivity contribution in [2.75, 3.05) is 22.0 Å². The fourth-order valence-electron chi connectivity index (χ4n) is 1.28. The van der Waals surface area contributed by atoms with E-state index < -0.39 is 20.0 Å². The van der Waals surface area contributed by atoms with Crippen molar-refractivity contribution >= 4 is 31.4 Å². The Kier molecular flexibility index (Phi) is 3.77. The Morgan fingerprint density at radius 3 is 1.83 bits per heavy atom. The number of benzene rings is 1. The van der Waals surface area contributed by atoms with Gasteiger partial charge in [-0.25, -0.2) is 16.8 Å². The van der Waals surface area contributed by atoms with E-state index in [1.807, 2.05) is 0 Å². The average molecular weight is 294 g/mol. The molecular weight excluding hydrogens is 280 g/mol. The summed E-state index contributed by atoms with van der Waals surface area (Å²) in [5.41, 5.74) is 0.577. The molecule has 1 rings (SSSR count). The summed E-state index contributed by atoms with van der Waals surface area (Å²) >= 11 is 0. The van der Waals surface area contributed by atoms with Gasteiger partial charge in [0.15, 0.2) is 0 Å². The number of rotatable bonds is 4. The van der Waals surface area contributed by atoms with E-state index in [1.165, 1.54) is 12.1 Å². The Morgan fingerprint density at radius 1 is 0.944 bits per heavy atom. The van der Waals surface area contributed by atoms with Gasteiger partial charge >= 0.3 is 0 Å². The van der Waals surface area contributed by atoms with E-state index in [0.29, 0.717) is 5.56 Å². The normalized spacial score (nSPS) is 12.2. The average Bonchev–Trinajstić information content (AvgIpc) is 2.08. The lowest BCUT2D eigenvalue weighted by Crippen LogP contribution is -2.13. The molecule has 0 aliphatic heterocycles. The third kappa shape index (κ3) is 4.41. The predicted octanol–water partition coefficient (Wildman–Crippen LogP) is 0.444. The van der Waals surface area contributed by atoms with Crippen LogP contribution in [0.15, 0.2) is 12.1 Å². The summed E-state index contributed by atoms with van der Waals surface area (Å²) in [4.78, 5) is 0. The summed E-state index contributed by atoms with van der Waals surface area (Å²) in [6, 6.07) is 2.48. The molecule has 0 radical (unpaired) electrons. The van der Waals surface area contributed by atoms with Crippen LogP contribution < -0.4 is 9.44 Å². The van der Waals surface area contributed by atoms with Crippen molar-refractivity contribution < 1.29 is 21.9 Å². The number of phenolic OH excluding ortho intramolecular Hbond substituents is 1. The second-order valence-corrected chi connectivity index (χ2v) is 7.43. The van der Waals surface area contributed by atoms with Gasteiger partial charge in [-0.15, -0.1) is 0 Å². The van der Waals surface area contributed by atoms with Gasteiger partial charge in [-0.3, -0.25) is 9.44 Å². The van der Waals surface area contributed by atoms with Gasteiger partial charge in [0.25, 0.3) is 0 Å². The van der Waals surface area contributed by atoms with Gasteiger partial charge in [0.05, 0.1) is 23.9 Å². The zero-order chi connectivity index (χ0) is 14.1. The lowest BCUT2D eigenvalue weighted by atomic mass is 10.2. The molecule has 0 saturated carbocycles. The molecule has 9 heteroatoms. The zero-order valence-electron chi connectivity index (χ0n) is 10.1. The highest BCUT2D eigenvalue weighted by atomic mass is 32.2. The molecule has 0 aromatic heterocycles. The molecule has 102 valence electrons. The molecule has 0 atom stereocenters. The van der Waals surface area contributed by atoms with E-state index in [2.05, 4.69) is 9.44 Å². The van der Waals surface area contributed by atoms with Crippen LogP contribution in [-0.2, 0) is 20.0 Å². The van der Waals surface area contributed by atoms with Crippen LogP contribution in [0.1, 0.15) is 5.56 Å². The first-order chi connectivity index (χ1) is 7.98. The highest BCUT2D eigenvalue weighted by Crippen LogP contribution is 2.31.